The van der Waals surface area contributed by atoms with Crippen LogP contribution in [0.25, 0.3) is 0 Å². The predicted octanol–water partition coefficient (Wildman–Crippen LogP) is 4.67. The summed E-state index contributed by atoms with van der Waals surface area (Å²) in [5.74, 6) is -2.35. The monoisotopic (exact) mass is 410 g/mol. The van der Waals surface area contributed by atoms with E-state index in [4.69, 9.17) is 0 Å². The summed E-state index contributed by atoms with van der Waals surface area (Å²) in [6.07, 6.45) is -8.33. The minimum absolute atomic E-state index is 0.153. The van der Waals surface area contributed by atoms with Crippen LogP contribution in [0.3, 0.4) is 0 Å². The molecule has 2 aromatic rings. The van der Waals surface area contributed by atoms with Crippen LogP contribution in [0.5, 0.6) is 5.75 Å². The Bertz CT molecular complexity index is 833. The lowest BCUT2D eigenvalue weighted by Crippen LogP contribution is -2.27. The van der Waals surface area contributed by atoms with E-state index in [1.807, 2.05) is 0 Å². The summed E-state index contributed by atoms with van der Waals surface area (Å²) in [7, 11) is 0. The number of hydrogen-bond donors (Lipinski definition) is 1. The molecule has 0 bridgehead atoms. The number of amides is 1. The molecule has 0 radical (unpaired) electrons. The number of carbonyl (C=O) groups is 1. The van der Waals surface area contributed by atoms with E-state index in [1.165, 1.54) is 19.1 Å². The molecule has 1 aromatic heterocycles. The highest BCUT2D eigenvalue weighted by atomic mass is 19.4. The van der Waals surface area contributed by atoms with E-state index in [1.54, 1.807) is 0 Å². The molecule has 2 rings (SSSR count). The first-order valence-corrected chi connectivity index (χ1v) is 7.69. The standard InChI is InChI=1S/C17H13F7N2O2/c1-9(14-3-2-13(7-25-14)28-8-16(19,20)21)26-15(27)10-4-11(17(22,23)24)6-12(18)5-10/h2-7,9H,8H2,1H3,(H,26,27). The van der Waals surface area contributed by atoms with Gasteiger partial charge in [0.05, 0.1) is 23.5 Å². The van der Waals surface area contributed by atoms with Crippen LogP contribution in [-0.4, -0.2) is 23.7 Å². The number of ether oxygens (including phenoxy) is 1. The average Bonchev–Trinajstić information content (AvgIpc) is 2.58. The van der Waals surface area contributed by atoms with Crippen molar-refractivity contribution in [1.29, 1.82) is 0 Å². The molecule has 1 unspecified atom stereocenters. The molecule has 0 saturated carbocycles. The van der Waals surface area contributed by atoms with Crippen LogP contribution in [0.2, 0.25) is 0 Å². The number of pyridine rings is 1. The number of nitrogens with zero attached hydrogens (tertiary/aromatic N) is 1. The lowest BCUT2D eigenvalue weighted by Gasteiger charge is -2.15. The second-order valence-electron chi connectivity index (χ2n) is 5.74. The topological polar surface area (TPSA) is 51.2 Å². The Morgan fingerprint density at radius 1 is 1.14 bits per heavy atom. The highest BCUT2D eigenvalue weighted by Crippen LogP contribution is 2.30. The van der Waals surface area contributed by atoms with Crippen molar-refractivity contribution in [3.63, 3.8) is 0 Å². The molecule has 1 amide bonds. The number of alkyl halides is 6. The molecule has 28 heavy (non-hydrogen) atoms. The van der Waals surface area contributed by atoms with Crippen LogP contribution in [0, 0.1) is 5.82 Å². The van der Waals surface area contributed by atoms with Gasteiger partial charge in [-0.15, -0.1) is 0 Å². The summed E-state index contributed by atoms with van der Waals surface area (Å²) in [5.41, 5.74) is -1.64. The molecule has 0 saturated heterocycles. The van der Waals surface area contributed by atoms with E-state index < -0.39 is 47.9 Å². The molecule has 4 nitrogen and oxygen atoms in total. The summed E-state index contributed by atoms with van der Waals surface area (Å²) in [6, 6.07) is 3.08. The van der Waals surface area contributed by atoms with Gasteiger partial charge in [0.15, 0.2) is 6.61 Å². The quantitative estimate of drug-likeness (QED) is 0.729. The molecular formula is C17H13F7N2O2. The maximum atomic E-state index is 13.4. The Balaban J connectivity index is 2.07. The molecule has 0 spiro atoms. The van der Waals surface area contributed by atoms with Crippen molar-refractivity contribution < 1.29 is 40.3 Å². The molecule has 152 valence electrons. The van der Waals surface area contributed by atoms with E-state index in [0.717, 1.165) is 6.20 Å². The number of carbonyl (C=O) groups excluding carboxylic acids is 1. The van der Waals surface area contributed by atoms with Crippen LogP contribution in [-0.2, 0) is 6.18 Å². The number of nitrogens with one attached hydrogen (secondary N) is 1. The fraction of sp³-hybridized carbons (Fsp3) is 0.294. The van der Waals surface area contributed by atoms with Crippen LogP contribution >= 0.6 is 0 Å². The third kappa shape index (κ3) is 6.10. The van der Waals surface area contributed by atoms with Crippen LogP contribution in [0.15, 0.2) is 36.5 Å². The van der Waals surface area contributed by atoms with Gasteiger partial charge < -0.3 is 10.1 Å². The van der Waals surface area contributed by atoms with E-state index in [2.05, 4.69) is 15.0 Å². The van der Waals surface area contributed by atoms with Crippen molar-refractivity contribution in [2.75, 3.05) is 6.61 Å². The second-order valence-corrected chi connectivity index (χ2v) is 5.74. The molecule has 0 fully saturated rings. The van der Waals surface area contributed by atoms with Crippen molar-refractivity contribution in [3.05, 3.63) is 59.2 Å². The zero-order chi connectivity index (χ0) is 21.1. The summed E-state index contributed by atoms with van der Waals surface area (Å²) >= 11 is 0. The van der Waals surface area contributed by atoms with Gasteiger partial charge in [-0.05, 0) is 37.3 Å². The summed E-state index contributed by atoms with van der Waals surface area (Å²) in [4.78, 5) is 16.0. The van der Waals surface area contributed by atoms with Gasteiger partial charge in [-0.2, -0.15) is 26.3 Å². The van der Waals surface area contributed by atoms with E-state index in [9.17, 15) is 35.5 Å². The molecule has 1 heterocycles. The number of benzene rings is 1. The first-order chi connectivity index (χ1) is 12.8. The van der Waals surface area contributed by atoms with Crippen LogP contribution < -0.4 is 10.1 Å². The fourth-order valence-corrected chi connectivity index (χ4v) is 2.14. The largest absolute Gasteiger partial charge is 0.483 e. The van der Waals surface area contributed by atoms with Gasteiger partial charge in [-0.1, -0.05) is 0 Å². The average molecular weight is 410 g/mol. The summed E-state index contributed by atoms with van der Waals surface area (Å²) < 4.78 is 92.3. The van der Waals surface area contributed by atoms with E-state index in [0.29, 0.717) is 12.1 Å². The molecule has 1 aromatic carbocycles. The smallest absolute Gasteiger partial charge is 0.422 e. The molecular weight excluding hydrogens is 397 g/mol. The molecule has 1 N–H and O–H groups in total. The minimum Gasteiger partial charge on any atom is -0.483 e. The maximum Gasteiger partial charge on any atom is 0.422 e. The van der Waals surface area contributed by atoms with Crippen LogP contribution in [0.1, 0.15) is 34.6 Å². The zero-order valence-electron chi connectivity index (χ0n) is 14.2. The number of hydrogen-bond acceptors (Lipinski definition) is 3. The van der Waals surface area contributed by atoms with Gasteiger partial charge in [-0.3, -0.25) is 9.78 Å². The SMILES string of the molecule is CC(NC(=O)c1cc(F)cc(C(F)(F)F)c1)c1ccc(OCC(F)(F)F)cn1. The molecule has 0 aliphatic rings. The van der Waals surface area contributed by atoms with Crippen LogP contribution in [0.4, 0.5) is 30.7 Å². The Labute approximate surface area is 154 Å². The summed E-state index contributed by atoms with van der Waals surface area (Å²) in [5, 5.41) is 2.34. The number of aromatic nitrogens is 1. The predicted molar refractivity (Wildman–Crippen MR) is 83.1 cm³/mol. The third-order valence-corrected chi connectivity index (χ3v) is 3.44. The van der Waals surface area contributed by atoms with Crippen molar-refractivity contribution in [1.82, 2.24) is 10.3 Å². The molecule has 1 atom stereocenters. The minimum atomic E-state index is -4.82. The first-order valence-electron chi connectivity index (χ1n) is 7.69. The molecule has 11 heteroatoms. The summed E-state index contributed by atoms with van der Waals surface area (Å²) in [6.45, 7) is -0.0537. The van der Waals surface area contributed by atoms with Crippen molar-refractivity contribution in [2.24, 2.45) is 0 Å². The van der Waals surface area contributed by atoms with Crippen molar-refractivity contribution in [2.45, 2.75) is 25.3 Å². The Morgan fingerprint density at radius 3 is 2.36 bits per heavy atom. The maximum absolute atomic E-state index is 13.4. The van der Waals surface area contributed by atoms with Gasteiger partial charge in [0.2, 0.25) is 0 Å². The third-order valence-electron chi connectivity index (χ3n) is 3.44. The molecule has 0 aliphatic heterocycles. The van der Waals surface area contributed by atoms with Gasteiger partial charge in [0.1, 0.15) is 11.6 Å². The highest BCUT2D eigenvalue weighted by molar-refractivity contribution is 5.94. The van der Waals surface area contributed by atoms with E-state index in [-0.39, 0.29) is 17.5 Å². The second kappa shape index (κ2) is 8.03. The normalized spacial score (nSPS) is 13.1. The van der Waals surface area contributed by atoms with Gasteiger partial charge >= 0.3 is 12.4 Å². The highest BCUT2D eigenvalue weighted by Gasteiger charge is 2.32. The number of halogens is 7. The number of rotatable bonds is 5. The lowest BCUT2D eigenvalue weighted by atomic mass is 10.1. The Morgan fingerprint density at radius 2 is 1.82 bits per heavy atom. The van der Waals surface area contributed by atoms with E-state index >= 15 is 0 Å². The Hall–Kier alpha value is -2.85. The van der Waals surface area contributed by atoms with Crippen molar-refractivity contribution >= 4 is 5.91 Å². The first kappa shape index (κ1) is 21.5. The fourth-order valence-electron chi connectivity index (χ4n) is 2.14. The van der Waals surface area contributed by atoms with Gasteiger partial charge in [0.25, 0.3) is 5.91 Å². The van der Waals surface area contributed by atoms with Gasteiger partial charge in [-0.25, -0.2) is 4.39 Å². The zero-order valence-corrected chi connectivity index (χ0v) is 14.2. The molecule has 0 aliphatic carbocycles. The van der Waals surface area contributed by atoms with Gasteiger partial charge in [0, 0.05) is 5.56 Å². The van der Waals surface area contributed by atoms with Crippen molar-refractivity contribution in [3.8, 4) is 5.75 Å². The lowest BCUT2D eigenvalue weighted by molar-refractivity contribution is -0.153. The Kier molecular flexibility index (Phi) is 6.15.